The number of halogens is 1. The fourth-order valence-electron chi connectivity index (χ4n) is 2.70. The van der Waals surface area contributed by atoms with E-state index in [9.17, 15) is 0 Å². The molecule has 1 unspecified atom stereocenters. The number of likely N-dealkylation sites (N-methyl/N-ethyl adjacent to an activating group) is 1. The first-order chi connectivity index (χ1) is 8.49. The molecule has 1 aromatic rings. The van der Waals surface area contributed by atoms with Crippen LogP contribution in [-0.4, -0.2) is 52.3 Å². The van der Waals surface area contributed by atoms with Crippen molar-refractivity contribution >= 4 is 15.9 Å². The van der Waals surface area contributed by atoms with Gasteiger partial charge < -0.3 is 4.90 Å². The molecule has 0 amide bonds. The van der Waals surface area contributed by atoms with E-state index in [4.69, 9.17) is 0 Å². The lowest BCUT2D eigenvalue weighted by Gasteiger charge is -2.27. The van der Waals surface area contributed by atoms with Gasteiger partial charge in [0.2, 0.25) is 0 Å². The minimum Gasteiger partial charge on any atom is -0.305 e. The predicted octanol–water partition coefficient (Wildman–Crippen LogP) is 2.02. The molecule has 0 aromatic carbocycles. The molecule has 1 fully saturated rings. The minimum atomic E-state index is 0.597. The molecule has 4 nitrogen and oxygen atoms in total. The summed E-state index contributed by atoms with van der Waals surface area (Å²) in [6.45, 7) is 8.86. The second-order valence-electron chi connectivity index (χ2n) is 5.40. The van der Waals surface area contributed by atoms with Crippen molar-refractivity contribution in [2.24, 2.45) is 7.05 Å². The van der Waals surface area contributed by atoms with Gasteiger partial charge in [0.15, 0.2) is 0 Å². The molecule has 1 aliphatic rings. The van der Waals surface area contributed by atoms with Gasteiger partial charge >= 0.3 is 0 Å². The highest BCUT2D eigenvalue weighted by atomic mass is 79.9. The van der Waals surface area contributed by atoms with E-state index in [1.807, 2.05) is 18.7 Å². The van der Waals surface area contributed by atoms with Crippen LogP contribution in [0.4, 0.5) is 0 Å². The van der Waals surface area contributed by atoms with Crippen LogP contribution in [0, 0.1) is 6.92 Å². The number of hydrogen-bond acceptors (Lipinski definition) is 3. The maximum Gasteiger partial charge on any atom is 0.0739 e. The van der Waals surface area contributed by atoms with Gasteiger partial charge in [-0.15, -0.1) is 0 Å². The molecule has 0 bridgehead atoms. The lowest BCUT2D eigenvalue weighted by molar-refractivity contribution is 0.190. The number of aromatic nitrogens is 2. The highest BCUT2D eigenvalue weighted by Gasteiger charge is 2.22. The van der Waals surface area contributed by atoms with Crippen LogP contribution in [0.3, 0.4) is 0 Å². The van der Waals surface area contributed by atoms with Crippen molar-refractivity contribution in [2.75, 3.05) is 26.7 Å². The zero-order chi connectivity index (χ0) is 13.3. The van der Waals surface area contributed by atoms with E-state index < -0.39 is 0 Å². The first-order valence-corrected chi connectivity index (χ1v) is 7.39. The summed E-state index contributed by atoms with van der Waals surface area (Å²) in [5, 5.41) is 4.47. The molecule has 1 aromatic heterocycles. The number of aryl methyl sites for hydroxylation is 2. The van der Waals surface area contributed by atoms with Crippen LogP contribution in [0.25, 0.3) is 0 Å². The molecule has 0 aliphatic carbocycles. The maximum absolute atomic E-state index is 4.47. The third-order valence-corrected chi connectivity index (χ3v) is 4.83. The highest BCUT2D eigenvalue weighted by molar-refractivity contribution is 9.10. The Morgan fingerprint density at radius 1 is 1.33 bits per heavy atom. The average Bonchev–Trinajstić information content (AvgIpc) is 2.46. The molecule has 0 spiro atoms. The second-order valence-corrected chi connectivity index (χ2v) is 6.20. The first-order valence-electron chi connectivity index (χ1n) is 6.59. The fourth-order valence-corrected chi connectivity index (χ4v) is 3.16. The summed E-state index contributed by atoms with van der Waals surface area (Å²) in [5.74, 6) is 0. The van der Waals surface area contributed by atoms with E-state index >= 15 is 0 Å². The van der Waals surface area contributed by atoms with Gasteiger partial charge in [0.1, 0.15) is 0 Å². The number of hydrogen-bond donors (Lipinski definition) is 0. The zero-order valence-corrected chi connectivity index (χ0v) is 13.4. The quantitative estimate of drug-likeness (QED) is 0.834. The Labute approximate surface area is 118 Å². The van der Waals surface area contributed by atoms with E-state index in [-0.39, 0.29) is 0 Å². The van der Waals surface area contributed by atoms with Crippen molar-refractivity contribution in [1.82, 2.24) is 19.6 Å². The normalized spacial score (nSPS) is 23.3. The van der Waals surface area contributed by atoms with Crippen LogP contribution in [0.1, 0.15) is 24.7 Å². The van der Waals surface area contributed by atoms with Crippen LogP contribution in [0.2, 0.25) is 0 Å². The van der Waals surface area contributed by atoms with Crippen molar-refractivity contribution in [1.29, 1.82) is 0 Å². The van der Waals surface area contributed by atoms with E-state index in [0.717, 1.165) is 23.3 Å². The minimum absolute atomic E-state index is 0.597. The standard InChI is InChI=1S/C13H23BrN4/c1-10-8-16(3)6-5-7-18(10)9-12-13(14)11(2)15-17(12)4/h10H,5-9H2,1-4H3. The van der Waals surface area contributed by atoms with Crippen molar-refractivity contribution < 1.29 is 0 Å². The molecule has 1 atom stereocenters. The topological polar surface area (TPSA) is 24.3 Å². The highest BCUT2D eigenvalue weighted by Crippen LogP contribution is 2.23. The Morgan fingerprint density at radius 2 is 2.06 bits per heavy atom. The van der Waals surface area contributed by atoms with Gasteiger partial charge in [-0.05, 0) is 49.8 Å². The summed E-state index contributed by atoms with van der Waals surface area (Å²) >= 11 is 3.66. The van der Waals surface area contributed by atoms with Gasteiger partial charge in [-0.1, -0.05) is 0 Å². The van der Waals surface area contributed by atoms with Gasteiger partial charge in [-0.3, -0.25) is 9.58 Å². The number of nitrogens with zero attached hydrogens (tertiary/aromatic N) is 4. The Hall–Kier alpha value is -0.390. The lowest BCUT2D eigenvalue weighted by Crippen LogP contribution is -2.37. The Kier molecular flexibility index (Phi) is 4.45. The molecule has 1 saturated heterocycles. The zero-order valence-electron chi connectivity index (χ0n) is 11.8. The van der Waals surface area contributed by atoms with Gasteiger partial charge in [-0.2, -0.15) is 5.10 Å². The summed E-state index contributed by atoms with van der Waals surface area (Å²) in [6.07, 6.45) is 1.25. The fraction of sp³-hybridized carbons (Fsp3) is 0.769. The molecule has 0 N–H and O–H groups in total. The Balaban J connectivity index is 2.12. The summed E-state index contributed by atoms with van der Waals surface area (Å²) in [4.78, 5) is 4.99. The molecule has 2 heterocycles. The molecule has 5 heteroatoms. The van der Waals surface area contributed by atoms with Gasteiger partial charge in [0.25, 0.3) is 0 Å². The third-order valence-electron chi connectivity index (χ3n) is 3.80. The van der Waals surface area contributed by atoms with E-state index in [2.05, 4.69) is 44.8 Å². The largest absolute Gasteiger partial charge is 0.305 e. The molecule has 0 saturated carbocycles. The smallest absolute Gasteiger partial charge is 0.0739 e. The van der Waals surface area contributed by atoms with Crippen LogP contribution < -0.4 is 0 Å². The SMILES string of the molecule is Cc1nn(C)c(CN2CCCN(C)CC2C)c1Br. The number of rotatable bonds is 2. The van der Waals surface area contributed by atoms with Crippen LogP contribution in [-0.2, 0) is 13.6 Å². The van der Waals surface area contributed by atoms with E-state index in [1.165, 1.54) is 25.2 Å². The summed E-state index contributed by atoms with van der Waals surface area (Å²) < 4.78 is 3.16. The maximum atomic E-state index is 4.47. The van der Waals surface area contributed by atoms with Crippen LogP contribution >= 0.6 is 15.9 Å². The van der Waals surface area contributed by atoms with E-state index in [0.29, 0.717) is 6.04 Å². The van der Waals surface area contributed by atoms with Crippen molar-refractivity contribution in [3.63, 3.8) is 0 Å². The molecule has 2 rings (SSSR count). The average molecular weight is 315 g/mol. The molecule has 18 heavy (non-hydrogen) atoms. The molecular weight excluding hydrogens is 292 g/mol. The van der Waals surface area contributed by atoms with Gasteiger partial charge in [-0.25, -0.2) is 0 Å². The molecular formula is C13H23BrN4. The van der Waals surface area contributed by atoms with Gasteiger partial charge in [0, 0.05) is 32.7 Å². The summed E-state index contributed by atoms with van der Waals surface area (Å²) in [5.41, 5.74) is 2.36. The predicted molar refractivity (Wildman–Crippen MR) is 77.6 cm³/mol. The molecule has 0 radical (unpaired) electrons. The summed E-state index contributed by atoms with van der Waals surface area (Å²) in [7, 11) is 4.24. The lowest BCUT2D eigenvalue weighted by atomic mass is 10.2. The second kappa shape index (κ2) is 5.72. The van der Waals surface area contributed by atoms with Crippen LogP contribution in [0.5, 0.6) is 0 Å². The third kappa shape index (κ3) is 2.95. The van der Waals surface area contributed by atoms with Gasteiger partial charge in [0.05, 0.1) is 15.9 Å². The van der Waals surface area contributed by atoms with Crippen LogP contribution in [0.15, 0.2) is 4.47 Å². The van der Waals surface area contributed by atoms with Crippen molar-refractivity contribution in [3.05, 3.63) is 15.9 Å². The monoisotopic (exact) mass is 314 g/mol. The molecule has 102 valence electrons. The summed E-state index contributed by atoms with van der Waals surface area (Å²) in [6, 6.07) is 0.597. The Morgan fingerprint density at radius 3 is 2.67 bits per heavy atom. The van der Waals surface area contributed by atoms with E-state index in [1.54, 1.807) is 0 Å². The van der Waals surface area contributed by atoms with Crippen molar-refractivity contribution in [2.45, 2.75) is 32.9 Å². The first kappa shape index (κ1) is 14.0. The van der Waals surface area contributed by atoms with Crippen molar-refractivity contribution in [3.8, 4) is 0 Å². The molecule has 1 aliphatic heterocycles. The Bertz CT molecular complexity index is 415.